The first-order valence-corrected chi connectivity index (χ1v) is 8.86. The summed E-state index contributed by atoms with van der Waals surface area (Å²) in [5, 5.41) is 31.4. The second-order valence-electron chi connectivity index (χ2n) is 6.08. The molecule has 2 rings (SSSR count). The molecule has 0 aliphatic rings. The maximum Gasteiger partial charge on any atom is 0.633 e. The normalized spacial score (nSPS) is 12.0. The van der Waals surface area contributed by atoms with Crippen LogP contribution in [0.2, 0.25) is 0 Å². The third kappa shape index (κ3) is 7.83. The fourth-order valence-corrected chi connectivity index (χ4v) is 2.56. The lowest BCUT2D eigenvalue weighted by Crippen LogP contribution is -2.31. The zero-order valence-electron chi connectivity index (χ0n) is 15.1. The van der Waals surface area contributed by atoms with Gasteiger partial charge >= 0.3 is 7.32 Å². The molecular weight excluding hydrogens is 351 g/mol. The van der Waals surface area contributed by atoms with Gasteiger partial charge in [-0.15, -0.1) is 5.10 Å². The zero-order valence-corrected chi connectivity index (χ0v) is 15.1. The number of nitrogens with one attached hydrogen (secondary N) is 1. The van der Waals surface area contributed by atoms with Crippen molar-refractivity contribution in [3.05, 3.63) is 41.7 Å². The first-order valence-electron chi connectivity index (χ1n) is 8.86. The maximum absolute atomic E-state index is 12.1. The Balaban J connectivity index is 1.72. The summed E-state index contributed by atoms with van der Waals surface area (Å²) >= 11 is 0. The van der Waals surface area contributed by atoms with Gasteiger partial charge in [-0.3, -0.25) is 4.79 Å². The number of unbranched alkanes of at least 4 members (excludes halogenated alkanes) is 1. The van der Waals surface area contributed by atoms with Crippen molar-refractivity contribution in [1.82, 2.24) is 25.5 Å². The maximum atomic E-state index is 12.1. The Morgan fingerprint density at radius 3 is 2.81 bits per heavy atom. The second-order valence-corrected chi connectivity index (χ2v) is 6.08. The number of hydrogen-bond donors (Lipinski definition) is 4. The van der Waals surface area contributed by atoms with Crippen LogP contribution < -0.4 is 11.1 Å². The number of nitrogens with zero attached hydrogens (tertiary/aromatic N) is 4. The van der Waals surface area contributed by atoms with Gasteiger partial charge in [0.25, 0.3) is 0 Å². The van der Waals surface area contributed by atoms with Crippen LogP contribution in [0.3, 0.4) is 0 Å². The first kappa shape index (κ1) is 21.0. The number of rotatable bonds is 12. The van der Waals surface area contributed by atoms with Crippen LogP contribution in [-0.2, 0) is 22.4 Å². The molecule has 2 aromatic rings. The summed E-state index contributed by atoms with van der Waals surface area (Å²) < 4.78 is 6.03. The molecule has 0 saturated heterocycles. The minimum Gasteiger partial charge on any atom is -0.402 e. The van der Waals surface area contributed by atoms with Gasteiger partial charge in [0, 0.05) is 13.2 Å². The monoisotopic (exact) mass is 376 g/mol. The highest BCUT2D eigenvalue weighted by Crippen LogP contribution is 2.13. The highest BCUT2D eigenvalue weighted by atomic mass is 16.6. The zero-order chi connectivity index (χ0) is 19.5. The molecule has 1 amide bonds. The van der Waals surface area contributed by atoms with E-state index in [9.17, 15) is 4.79 Å². The predicted octanol–water partition coefficient (Wildman–Crippen LogP) is -0.812. The van der Waals surface area contributed by atoms with Crippen molar-refractivity contribution in [1.29, 1.82) is 0 Å². The summed E-state index contributed by atoms with van der Waals surface area (Å²) in [5.74, 6) is 0.258. The topological polar surface area (TPSA) is 148 Å². The Hall–Kier alpha value is -2.34. The van der Waals surface area contributed by atoms with Crippen molar-refractivity contribution in [2.24, 2.45) is 5.73 Å². The Morgan fingerprint density at radius 1 is 1.30 bits per heavy atom. The average Bonchev–Trinajstić information content (AvgIpc) is 3.10. The van der Waals surface area contributed by atoms with E-state index in [2.05, 4.69) is 25.5 Å². The van der Waals surface area contributed by atoms with Crippen molar-refractivity contribution in [3.63, 3.8) is 0 Å². The summed E-state index contributed by atoms with van der Waals surface area (Å²) in [5.41, 5.74) is 7.25. The van der Waals surface area contributed by atoms with E-state index in [0.717, 1.165) is 12.0 Å². The van der Waals surface area contributed by atoms with E-state index in [1.807, 2.05) is 30.3 Å². The highest BCUT2D eigenvalue weighted by molar-refractivity contribution is 6.32. The van der Waals surface area contributed by atoms with Crippen LogP contribution in [0.1, 0.15) is 36.7 Å². The van der Waals surface area contributed by atoms with E-state index in [1.54, 1.807) is 0 Å². The van der Waals surface area contributed by atoms with Crippen molar-refractivity contribution >= 4 is 13.2 Å². The van der Waals surface area contributed by atoms with Crippen molar-refractivity contribution < 1.29 is 19.5 Å². The van der Waals surface area contributed by atoms with Gasteiger partial charge in [-0.25, -0.2) is 4.68 Å². The molecule has 0 bridgehead atoms. The van der Waals surface area contributed by atoms with E-state index in [1.165, 1.54) is 4.68 Å². The summed E-state index contributed by atoms with van der Waals surface area (Å²) in [6.45, 7) is 0.757. The number of tetrazole rings is 1. The largest absolute Gasteiger partial charge is 0.633 e. The third-order valence-electron chi connectivity index (χ3n) is 3.94. The SMILES string of the molecule is N[C@@H](CCCCOB(O)O)c1nnnn1CC(=O)NCCc1ccccc1. The number of nitrogens with two attached hydrogens (primary N) is 1. The van der Waals surface area contributed by atoms with Gasteiger partial charge < -0.3 is 25.8 Å². The number of hydrogen-bond acceptors (Lipinski definition) is 8. The average molecular weight is 376 g/mol. The molecule has 0 aliphatic heterocycles. The molecule has 0 unspecified atom stereocenters. The molecule has 1 heterocycles. The fraction of sp³-hybridized carbons (Fsp3) is 0.500. The molecule has 0 radical (unpaired) electrons. The minimum atomic E-state index is -1.76. The van der Waals surface area contributed by atoms with E-state index in [0.29, 0.717) is 31.6 Å². The lowest BCUT2D eigenvalue weighted by molar-refractivity contribution is -0.121. The molecule has 27 heavy (non-hydrogen) atoms. The Bertz CT molecular complexity index is 685. The Labute approximate surface area is 157 Å². The van der Waals surface area contributed by atoms with Gasteiger partial charge in [-0.05, 0) is 41.7 Å². The molecule has 10 nitrogen and oxygen atoms in total. The van der Waals surface area contributed by atoms with Gasteiger partial charge in [0.1, 0.15) is 6.54 Å². The van der Waals surface area contributed by atoms with Gasteiger partial charge in [-0.2, -0.15) is 0 Å². The number of carbonyl (C=O) groups excluding carboxylic acids is 1. The van der Waals surface area contributed by atoms with Gasteiger partial charge in [0.15, 0.2) is 5.82 Å². The molecule has 11 heteroatoms. The molecule has 0 spiro atoms. The predicted molar refractivity (Wildman–Crippen MR) is 97.9 cm³/mol. The minimum absolute atomic E-state index is 0.00460. The van der Waals surface area contributed by atoms with Gasteiger partial charge in [-0.1, -0.05) is 30.3 Å². The summed E-state index contributed by atoms with van der Waals surface area (Å²) in [6, 6.07) is 9.48. The van der Waals surface area contributed by atoms with Crippen LogP contribution in [0, 0.1) is 0 Å². The number of aromatic nitrogens is 4. The first-order chi connectivity index (χ1) is 13.1. The fourth-order valence-electron chi connectivity index (χ4n) is 2.56. The van der Waals surface area contributed by atoms with E-state index in [4.69, 9.17) is 15.8 Å². The number of carbonyl (C=O) groups is 1. The van der Waals surface area contributed by atoms with Crippen LogP contribution in [0.5, 0.6) is 0 Å². The van der Waals surface area contributed by atoms with Crippen LogP contribution in [0.15, 0.2) is 30.3 Å². The lowest BCUT2D eigenvalue weighted by Gasteiger charge is -2.12. The molecule has 146 valence electrons. The van der Waals surface area contributed by atoms with Crippen LogP contribution in [-0.4, -0.2) is 56.6 Å². The summed E-state index contributed by atoms with van der Waals surface area (Å²) in [7, 11) is -1.76. The highest BCUT2D eigenvalue weighted by Gasteiger charge is 2.17. The van der Waals surface area contributed by atoms with Crippen molar-refractivity contribution in [2.75, 3.05) is 13.2 Å². The molecule has 5 N–H and O–H groups in total. The molecule has 1 atom stereocenters. The van der Waals surface area contributed by atoms with Crippen LogP contribution in [0.4, 0.5) is 0 Å². The van der Waals surface area contributed by atoms with Crippen molar-refractivity contribution in [2.45, 2.75) is 38.3 Å². The lowest BCUT2D eigenvalue weighted by atomic mass is 10.1. The Kier molecular flexibility index (Phi) is 8.85. The smallest absolute Gasteiger partial charge is 0.402 e. The Morgan fingerprint density at radius 2 is 2.07 bits per heavy atom. The van der Waals surface area contributed by atoms with Gasteiger partial charge in [0.05, 0.1) is 6.04 Å². The molecule has 0 aliphatic carbocycles. The quantitative estimate of drug-likeness (QED) is 0.278. The third-order valence-corrected chi connectivity index (χ3v) is 3.94. The standard InChI is InChI=1S/C16H25BN6O4/c18-14(8-4-5-11-27-17(25)26)16-20-21-22-23(16)12-15(24)19-10-9-13-6-2-1-3-7-13/h1-3,6-7,14,25-26H,4-5,8-12,18H2,(H,19,24)/t14-/m0/s1. The van der Waals surface area contributed by atoms with Crippen LogP contribution in [0.25, 0.3) is 0 Å². The molecule has 1 aromatic carbocycles. The van der Waals surface area contributed by atoms with E-state index < -0.39 is 13.4 Å². The molecule has 0 fully saturated rings. The van der Waals surface area contributed by atoms with Crippen molar-refractivity contribution in [3.8, 4) is 0 Å². The van der Waals surface area contributed by atoms with E-state index >= 15 is 0 Å². The summed E-state index contributed by atoms with van der Waals surface area (Å²) in [6.07, 6.45) is 2.65. The van der Waals surface area contributed by atoms with Crippen LogP contribution >= 0.6 is 0 Å². The van der Waals surface area contributed by atoms with Gasteiger partial charge in [0.2, 0.25) is 5.91 Å². The van der Waals surface area contributed by atoms with E-state index in [-0.39, 0.29) is 19.1 Å². The molecule has 0 saturated carbocycles. The number of benzene rings is 1. The second kappa shape index (κ2) is 11.4. The summed E-state index contributed by atoms with van der Waals surface area (Å²) in [4.78, 5) is 12.1. The molecule has 1 aromatic heterocycles. The number of amides is 1. The molecular formula is C16H25BN6O4.